The summed E-state index contributed by atoms with van der Waals surface area (Å²) < 4.78 is 39.3. The quantitative estimate of drug-likeness (QED) is 0.519. The summed E-state index contributed by atoms with van der Waals surface area (Å²) in [5.74, 6) is -1.55. The van der Waals surface area contributed by atoms with Crippen molar-refractivity contribution in [3.05, 3.63) is 77.9 Å². The molecule has 3 aromatic carbocycles. The minimum Gasteiger partial charge on any atom is -0.493 e. The summed E-state index contributed by atoms with van der Waals surface area (Å²) in [4.78, 5) is 26.8. The number of ether oxygens (including phenoxy) is 2. The van der Waals surface area contributed by atoms with E-state index < -0.39 is 27.6 Å². The summed E-state index contributed by atoms with van der Waals surface area (Å²) in [5, 5.41) is 2.76. The van der Waals surface area contributed by atoms with Crippen molar-refractivity contribution >= 4 is 33.1 Å². The van der Waals surface area contributed by atoms with E-state index in [-0.39, 0.29) is 40.6 Å². The molecule has 0 radical (unpaired) electrons. The van der Waals surface area contributed by atoms with Gasteiger partial charge in [-0.15, -0.1) is 0 Å². The normalized spacial score (nSPS) is 15.7. The number of nitrogens with zero attached hydrogens (tertiary/aromatic N) is 1. The average Bonchev–Trinajstić information content (AvgIpc) is 3.00. The lowest BCUT2D eigenvalue weighted by molar-refractivity contribution is -0.118. The summed E-state index contributed by atoms with van der Waals surface area (Å²) in [5.41, 5.74) is 1.68. The number of carbonyl (C=O) groups is 2. The van der Waals surface area contributed by atoms with Crippen molar-refractivity contribution in [2.24, 2.45) is 5.92 Å². The molecule has 1 atom stereocenters. The Hall–Kier alpha value is -3.85. The fourth-order valence-electron chi connectivity index (χ4n) is 4.05. The molecule has 1 amide bonds. The molecule has 9 heteroatoms. The molecule has 1 aliphatic heterocycles. The highest BCUT2D eigenvalue weighted by Crippen LogP contribution is 2.40. The highest BCUT2D eigenvalue weighted by Gasteiger charge is 2.39. The topological polar surface area (TPSA) is 102 Å². The Labute approximate surface area is 204 Å². The average molecular weight is 495 g/mol. The number of benzene rings is 3. The van der Waals surface area contributed by atoms with Gasteiger partial charge in [-0.05, 0) is 43.7 Å². The van der Waals surface area contributed by atoms with Gasteiger partial charge in [0, 0.05) is 23.9 Å². The summed E-state index contributed by atoms with van der Waals surface area (Å²) in [6.45, 7) is 1.79. The third-order valence-corrected chi connectivity index (χ3v) is 7.77. The Kier molecular flexibility index (Phi) is 6.79. The van der Waals surface area contributed by atoms with Crippen LogP contribution in [0.5, 0.6) is 11.5 Å². The van der Waals surface area contributed by atoms with Gasteiger partial charge in [-0.2, -0.15) is 0 Å². The second-order valence-electron chi connectivity index (χ2n) is 8.18. The Bertz CT molecular complexity index is 1350. The van der Waals surface area contributed by atoms with Crippen LogP contribution < -0.4 is 19.1 Å². The highest BCUT2D eigenvalue weighted by atomic mass is 32.2. The Morgan fingerprint density at radius 2 is 1.60 bits per heavy atom. The number of sulfonamides is 1. The molecular formula is C26H26N2O6S. The van der Waals surface area contributed by atoms with Crippen molar-refractivity contribution in [3.63, 3.8) is 0 Å². The number of amides is 1. The van der Waals surface area contributed by atoms with Gasteiger partial charge in [-0.3, -0.25) is 13.9 Å². The van der Waals surface area contributed by atoms with Gasteiger partial charge in [0.2, 0.25) is 5.91 Å². The first kappa shape index (κ1) is 24.3. The van der Waals surface area contributed by atoms with Gasteiger partial charge in [0.1, 0.15) is 5.92 Å². The molecule has 0 saturated heterocycles. The van der Waals surface area contributed by atoms with E-state index in [9.17, 15) is 18.0 Å². The lowest BCUT2D eigenvalue weighted by Crippen LogP contribution is -2.33. The van der Waals surface area contributed by atoms with Gasteiger partial charge in [-0.25, -0.2) is 8.42 Å². The number of fused-ring (bicyclic) bond motifs is 1. The molecule has 8 nitrogen and oxygen atoms in total. The summed E-state index contributed by atoms with van der Waals surface area (Å²) in [6, 6.07) is 18.2. The van der Waals surface area contributed by atoms with Crippen LogP contribution in [0, 0.1) is 12.8 Å². The molecule has 182 valence electrons. The van der Waals surface area contributed by atoms with Gasteiger partial charge < -0.3 is 14.8 Å². The Morgan fingerprint density at radius 3 is 2.23 bits per heavy atom. The van der Waals surface area contributed by atoms with Crippen LogP contribution in [0.2, 0.25) is 0 Å². The first-order chi connectivity index (χ1) is 16.8. The van der Waals surface area contributed by atoms with E-state index in [0.29, 0.717) is 5.69 Å². The van der Waals surface area contributed by atoms with E-state index in [1.165, 1.54) is 42.8 Å². The molecule has 0 spiro atoms. The van der Waals surface area contributed by atoms with Crippen molar-refractivity contribution < 1.29 is 27.5 Å². The van der Waals surface area contributed by atoms with Crippen LogP contribution in [0.3, 0.4) is 0 Å². The van der Waals surface area contributed by atoms with Crippen molar-refractivity contribution in [3.8, 4) is 11.5 Å². The van der Waals surface area contributed by atoms with Crippen LogP contribution in [0.25, 0.3) is 0 Å². The van der Waals surface area contributed by atoms with Crippen LogP contribution in [0.4, 0.5) is 11.4 Å². The number of methoxy groups -OCH3 is 2. The second kappa shape index (κ2) is 9.79. The number of carbonyl (C=O) groups excluding carboxylic acids is 2. The van der Waals surface area contributed by atoms with Crippen molar-refractivity contribution in [2.45, 2.75) is 18.2 Å². The molecule has 0 saturated carbocycles. The lowest BCUT2D eigenvalue weighted by Gasteiger charge is -2.25. The van der Waals surface area contributed by atoms with E-state index in [0.717, 1.165) is 5.56 Å². The fraction of sp³-hybridized carbons (Fsp3) is 0.231. The van der Waals surface area contributed by atoms with Crippen molar-refractivity contribution in [1.82, 2.24) is 0 Å². The molecule has 1 N–H and O–H groups in total. The minimum atomic E-state index is -4.04. The molecule has 3 aromatic rings. The van der Waals surface area contributed by atoms with E-state index in [1.807, 2.05) is 13.0 Å². The number of anilines is 2. The van der Waals surface area contributed by atoms with E-state index in [1.54, 1.807) is 36.4 Å². The fourth-order valence-corrected chi connectivity index (χ4v) is 5.54. The SMILES string of the molecule is COc1cc2c(cc1OC)N(S(=O)(=O)c1ccc(C)cc1)CCC(C(=O)Nc1ccccc1)C2=O. The second-order valence-corrected chi connectivity index (χ2v) is 10.0. The predicted molar refractivity (Wildman–Crippen MR) is 133 cm³/mol. The van der Waals surface area contributed by atoms with Crippen molar-refractivity contribution in [1.29, 1.82) is 0 Å². The zero-order valence-electron chi connectivity index (χ0n) is 19.6. The van der Waals surface area contributed by atoms with Gasteiger partial charge in [0.15, 0.2) is 17.3 Å². The molecule has 1 aliphatic rings. The summed E-state index contributed by atoms with van der Waals surface area (Å²) in [6.07, 6.45) is 0.00189. The molecule has 35 heavy (non-hydrogen) atoms. The molecule has 0 fully saturated rings. The molecule has 0 aliphatic carbocycles. The zero-order chi connectivity index (χ0) is 25.2. The smallest absolute Gasteiger partial charge is 0.264 e. The lowest BCUT2D eigenvalue weighted by atomic mass is 9.94. The third kappa shape index (κ3) is 4.72. The number of hydrogen-bond acceptors (Lipinski definition) is 6. The predicted octanol–water partition coefficient (Wildman–Crippen LogP) is 4.05. The first-order valence-electron chi connectivity index (χ1n) is 11.0. The van der Waals surface area contributed by atoms with Crippen LogP contribution in [-0.4, -0.2) is 40.9 Å². The van der Waals surface area contributed by atoms with Gasteiger partial charge in [-0.1, -0.05) is 35.9 Å². The first-order valence-corrected chi connectivity index (χ1v) is 12.5. The Morgan fingerprint density at radius 1 is 0.971 bits per heavy atom. The number of para-hydroxylation sites is 1. The summed E-state index contributed by atoms with van der Waals surface area (Å²) in [7, 11) is -1.19. The van der Waals surface area contributed by atoms with Crippen LogP contribution in [0.1, 0.15) is 22.3 Å². The third-order valence-electron chi connectivity index (χ3n) is 5.94. The number of ketones is 1. The van der Waals surface area contributed by atoms with Gasteiger partial charge in [0.05, 0.1) is 24.8 Å². The number of Topliss-reactive ketones (excluding diaryl/α,β-unsaturated/α-hetero) is 1. The maximum atomic E-state index is 13.7. The maximum Gasteiger partial charge on any atom is 0.264 e. The molecular weight excluding hydrogens is 468 g/mol. The number of hydrogen-bond donors (Lipinski definition) is 1. The number of nitrogens with one attached hydrogen (secondary N) is 1. The number of rotatable bonds is 6. The van der Waals surface area contributed by atoms with Gasteiger partial charge >= 0.3 is 0 Å². The van der Waals surface area contributed by atoms with E-state index in [2.05, 4.69) is 5.32 Å². The maximum absolute atomic E-state index is 13.7. The molecule has 0 aromatic heterocycles. The minimum absolute atomic E-state index is 0.00189. The van der Waals surface area contributed by atoms with Gasteiger partial charge in [0.25, 0.3) is 10.0 Å². The monoisotopic (exact) mass is 494 g/mol. The van der Waals surface area contributed by atoms with Crippen molar-refractivity contribution in [2.75, 3.05) is 30.4 Å². The zero-order valence-corrected chi connectivity index (χ0v) is 20.5. The molecule has 0 bridgehead atoms. The molecule has 1 unspecified atom stereocenters. The van der Waals surface area contributed by atoms with Crippen LogP contribution in [0.15, 0.2) is 71.6 Å². The van der Waals surface area contributed by atoms with E-state index >= 15 is 0 Å². The van der Waals surface area contributed by atoms with E-state index in [4.69, 9.17) is 9.47 Å². The highest BCUT2D eigenvalue weighted by molar-refractivity contribution is 7.92. The largest absolute Gasteiger partial charge is 0.493 e. The van der Waals surface area contributed by atoms with Crippen LogP contribution >= 0.6 is 0 Å². The molecule has 1 heterocycles. The summed E-state index contributed by atoms with van der Waals surface area (Å²) >= 11 is 0. The number of aryl methyl sites for hydroxylation is 1. The molecule has 4 rings (SSSR count). The van der Waals surface area contributed by atoms with Crippen LogP contribution in [-0.2, 0) is 14.8 Å². The standard InChI is InChI=1S/C26H26N2O6S/c1-17-9-11-19(12-10-17)35(31,32)28-14-13-20(26(30)27-18-7-5-4-6-8-18)25(29)21-15-23(33-2)24(34-3)16-22(21)28/h4-12,15-16,20H,13-14H2,1-3H3,(H,27,30). The Balaban J connectivity index is 1.81.